The lowest BCUT2D eigenvalue weighted by Crippen LogP contribution is -2.03. The van der Waals surface area contributed by atoms with Crippen molar-refractivity contribution in [3.05, 3.63) is 23.8 Å². The first-order valence-electron chi connectivity index (χ1n) is 5.15. The fourth-order valence-electron chi connectivity index (χ4n) is 1.42. The quantitative estimate of drug-likeness (QED) is 0.778. The second kappa shape index (κ2) is 4.86. The molecule has 0 saturated heterocycles. The lowest BCUT2D eigenvalue weighted by molar-refractivity contribution is 0.105. The standard InChI is InChI=1S/C12H13NO3/c1-9(5-13)6-14-7-10-2-3-11-12(4-10)16-8-15-11/h2-4,9H,6-8H2,1H3. The monoisotopic (exact) mass is 219 g/mol. The SMILES string of the molecule is CC(C#N)COCc1ccc2c(c1)OCO2. The fourth-order valence-corrected chi connectivity index (χ4v) is 1.42. The molecule has 0 radical (unpaired) electrons. The van der Waals surface area contributed by atoms with Crippen LogP contribution in [0.5, 0.6) is 11.5 Å². The van der Waals surface area contributed by atoms with Gasteiger partial charge in [-0.05, 0) is 24.6 Å². The van der Waals surface area contributed by atoms with E-state index in [2.05, 4.69) is 6.07 Å². The molecule has 0 bridgehead atoms. The van der Waals surface area contributed by atoms with Crippen molar-refractivity contribution in [2.75, 3.05) is 13.4 Å². The van der Waals surface area contributed by atoms with Gasteiger partial charge in [-0.3, -0.25) is 0 Å². The number of rotatable bonds is 4. The van der Waals surface area contributed by atoms with Gasteiger partial charge in [0.15, 0.2) is 11.5 Å². The second-order valence-corrected chi connectivity index (χ2v) is 3.73. The van der Waals surface area contributed by atoms with Crippen LogP contribution in [0.4, 0.5) is 0 Å². The smallest absolute Gasteiger partial charge is 0.231 e. The maximum absolute atomic E-state index is 8.59. The van der Waals surface area contributed by atoms with E-state index in [1.165, 1.54) is 0 Å². The van der Waals surface area contributed by atoms with E-state index in [1.807, 2.05) is 25.1 Å². The van der Waals surface area contributed by atoms with Crippen LogP contribution in [0.1, 0.15) is 12.5 Å². The number of fused-ring (bicyclic) bond motifs is 1. The summed E-state index contributed by atoms with van der Waals surface area (Å²) in [4.78, 5) is 0. The molecule has 1 aromatic carbocycles. The molecule has 0 saturated carbocycles. The number of benzene rings is 1. The van der Waals surface area contributed by atoms with Gasteiger partial charge < -0.3 is 14.2 Å². The van der Waals surface area contributed by atoms with Crippen molar-refractivity contribution in [1.29, 1.82) is 5.26 Å². The summed E-state index contributed by atoms with van der Waals surface area (Å²) in [6.45, 7) is 3.05. The van der Waals surface area contributed by atoms with Gasteiger partial charge in [-0.1, -0.05) is 6.07 Å². The Bertz CT molecular complexity index is 411. The number of hydrogen-bond donors (Lipinski definition) is 0. The molecule has 1 aliphatic heterocycles. The topological polar surface area (TPSA) is 51.5 Å². The molecule has 0 aromatic heterocycles. The highest BCUT2D eigenvalue weighted by atomic mass is 16.7. The summed E-state index contributed by atoms with van der Waals surface area (Å²) in [5.74, 6) is 1.46. The van der Waals surface area contributed by atoms with E-state index in [9.17, 15) is 0 Å². The Morgan fingerprint density at radius 3 is 3.06 bits per heavy atom. The third-order valence-corrected chi connectivity index (χ3v) is 2.29. The molecule has 0 fully saturated rings. The Hall–Kier alpha value is -1.73. The lowest BCUT2D eigenvalue weighted by atomic mass is 10.2. The van der Waals surface area contributed by atoms with E-state index in [0.717, 1.165) is 17.1 Å². The van der Waals surface area contributed by atoms with Gasteiger partial charge in [-0.2, -0.15) is 5.26 Å². The van der Waals surface area contributed by atoms with Gasteiger partial charge in [0, 0.05) is 0 Å². The second-order valence-electron chi connectivity index (χ2n) is 3.73. The van der Waals surface area contributed by atoms with E-state index < -0.39 is 0 Å². The molecule has 0 amide bonds. The van der Waals surface area contributed by atoms with E-state index in [-0.39, 0.29) is 12.7 Å². The van der Waals surface area contributed by atoms with Crippen molar-refractivity contribution in [2.45, 2.75) is 13.5 Å². The zero-order valence-corrected chi connectivity index (χ0v) is 9.10. The van der Waals surface area contributed by atoms with Gasteiger partial charge in [0.2, 0.25) is 6.79 Å². The Balaban J connectivity index is 1.89. The minimum absolute atomic E-state index is 0.0750. The minimum Gasteiger partial charge on any atom is -0.454 e. The summed E-state index contributed by atoms with van der Waals surface area (Å²) in [5.41, 5.74) is 1.02. The molecular formula is C12H13NO3. The first-order chi connectivity index (χ1) is 7.79. The van der Waals surface area contributed by atoms with Crippen LogP contribution in [-0.2, 0) is 11.3 Å². The van der Waals surface area contributed by atoms with Gasteiger partial charge in [-0.15, -0.1) is 0 Å². The van der Waals surface area contributed by atoms with E-state index in [4.69, 9.17) is 19.5 Å². The van der Waals surface area contributed by atoms with Crippen LogP contribution in [0.2, 0.25) is 0 Å². The first-order valence-corrected chi connectivity index (χ1v) is 5.15. The van der Waals surface area contributed by atoms with Gasteiger partial charge in [0.1, 0.15) is 0 Å². The Kier molecular flexibility index (Phi) is 3.28. The normalized spacial score (nSPS) is 14.5. The van der Waals surface area contributed by atoms with Gasteiger partial charge in [0.05, 0.1) is 25.2 Å². The van der Waals surface area contributed by atoms with Crippen LogP contribution in [0.3, 0.4) is 0 Å². The average Bonchev–Trinajstić information content (AvgIpc) is 2.76. The Labute approximate surface area is 94.3 Å². The summed E-state index contributed by atoms with van der Waals surface area (Å²) in [5, 5.41) is 8.59. The summed E-state index contributed by atoms with van der Waals surface area (Å²) < 4.78 is 15.9. The molecule has 1 unspecified atom stereocenters. The van der Waals surface area contributed by atoms with Crippen LogP contribution in [-0.4, -0.2) is 13.4 Å². The van der Waals surface area contributed by atoms with Crippen molar-refractivity contribution in [2.24, 2.45) is 5.92 Å². The molecule has 1 atom stereocenters. The maximum atomic E-state index is 8.59. The molecule has 1 heterocycles. The molecule has 4 nitrogen and oxygen atoms in total. The molecule has 84 valence electrons. The molecule has 0 N–H and O–H groups in total. The molecule has 2 rings (SSSR count). The highest BCUT2D eigenvalue weighted by Crippen LogP contribution is 2.32. The third-order valence-electron chi connectivity index (χ3n) is 2.29. The molecule has 1 aliphatic rings. The number of nitrogens with zero attached hydrogens (tertiary/aromatic N) is 1. The van der Waals surface area contributed by atoms with E-state index in [1.54, 1.807) is 0 Å². The highest BCUT2D eigenvalue weighted by Gasteiger charge is 2.13. The Morgan fingerprint density at radius 2 is 2.25 bits per heavy atom. The predicted molar refractivity (Wildman–Crippen MR) is 57.0 cm³/mol. The highest BCUT2D eigenvalue weighted by molar-refractivity contribution is 5.44. The van der Waals surface area contributed by atoms with Crippen molar-refractivity contribution in [3.63, 3.8) is 0 Å². The van der Waals surface area contributed by atoms with Gasteiger partial charge in [0.25, 0.3) is 0 Å². The van der Waals surface area contributed by atoms with Gasteiger partial charge >= 0.3 is 0 Å². The van der Waals surface area contributed by atoms with Crippen LogP contribution < -0.4 is 9.47 Å². The molecule has 0 aliphatic carbocycles. The summed E-state index contributed by atoms with van der Waals surface area (Å²) in [6, 6.07) is 7.83. The molecule has 1 aromatic rings. The van der Waals surface area contributed by atoms with Crippen LogP contribution in [0.25, 0.3) is 0 Å². The summed E-state index contributed by atoms with van der Waals surface area (Å²) >= 11 is 0. The zero-order valence-electron chi connectivity index (χ0n) is 9.10. The number of hydrogen-bond acceptors (Lipinski definition) is 4. The Morgan fingerprint density at radius 1 is 1.44 bits per heavy atom. The summed E-state index contributed by atoms with van der Waals surface area (Å²) in [6.07, 6.45) is 0. The third kappa shape index (κ3) is 2.44. The molecule has 0 spiro atoms. The first kappa shape index (κ1) is 10.8. The zero-order chi connectivity index (χ0) is 11.4. The van der Waals surface area contributed by atoms with Gasteiger partial charge in [-0.25, -0.2) is 0 Å². The summed E-state index contributed by atoms with van der Waals surface area (Å²) in [7, 11) is 0. The average molecular weight is 219 g/mol. The van der Waals surface area contributed by atoms with Crippen molar-refractivity contribution in [1.82, 2.24) is 0 Å². The molecule has 16 heavy (non-hydrogen) atoms. The number of ether oxygens (including phenoxy) is 3. The van der Waals surface area contributed by atoms with Crippen molar-refractivity contribution in [3.8, 4) is 17.6 Å². The predicted octanol–water partition coefficient (Wildman–Crippen LogP) is 2.09. The molecular weight excluding hydrogens is 206 g/mol. The van der Waals surface area contributed by atoms with Crippen LogP contribution >= 0.6 is 0 Å². The maximum Gasteiger partial charge on any atom is 0.231 e. The van der Waals surface area contributed by atoms with E-state index >= 15 is 0 Å². The van der Waals surface area contributed by atoms with Crippen molar-refractivity contribution < 1.29 is 14.2 Å². The van der Waals surface area contributed by atoms with E-state index in [0.29, 0.717) is 13.2 Å². The fraction of sp³-hybridized carbons (Fsp3) is 0.417. The van der Waals surface area contributed by atoms with Crippen LogP contribution in [0.15, 0.2) is 18.2 Å². The molecule has 4 heteroatoms. The van der Waals surface area contributed by atoms with Crippen molar-refractivity contribution >= 4 is 0 Å². The largest absolute Gasteiger partial charge is 0.454 e. The minimum atomic E-state index is -0.0750. The van der Waals surface area contributed by atoms with Crippen LogP contribution in [0, 0.1) is 17.2 Å². The number of nitriles is 1. The lowest BCUT2D eigenvalue weighted by Gasteiger charge is -2.06.